The molecule has 0 spiro atoms. The second kappa shape index (κ2) is 4.84. The SMILES string of the molecule is Nc1cc(-c2cccs2)nn1-c1nc2cc(Cl)ccc2s1. The van der Waals surface area contributed by atoms with Crippen molar-refractivity contribution in [1.82, 2.24) is 14.8 Å². The molecule has 0 aliphatic carbocycles. The number of nitrogens with zero attached hydrogens (tertiary/aromatic N) is 3. The molecule has 0 saturated heterocycles. The normalized spacial score (nSPS) is 11.3. The maximum Gasteiger partial charge on any atom is 0.213 e. The molecular weight excluding hydrogens is 324 g/mol. The van der Waals surface area contributed by atoms with E-state index in [2.05, 4.69) is 10.1 Å². The van der Waals surface area contributed by atoms with Crippen LogP contribution in [0.5, 0.6) is 0 Å². The summed E-state index contributed by atoms with van der Waals surface area (Å²) < 4.78 is 2.73. The fraction of sp³-hybridized carbons (Fsp3) is 0. The van der Waals surface area contributed by atoms with E-state index in [0.717, 1.165) is 25.9 Å². The molecule has 0 unspecified atom stereocenters. The molecule has 0 atom stereocenters. The summed E-state index contributed by atoms with van der Waals surface area (Å²) in [6.07, 6.45) is 0. The zero-order chi connectivity index (χ0) is 14.4. The van der Waals surface area contributed by atoms with Crippen LogP contribution in [0.25, 0.3) is 25.9 Å². The molecule has 7 heteroatoms. The van der Waals surface area contributed by atoms with Crippen LogP contribution in [0.1, 0.15) is 0 Å². The Labute approximate surface area is 133 Å². The fourth-order valence-electron chi connectivity index (χ4n) is 2.07. The molecule has 21 heavy (non-hydrogen) atoms. The molecule has 3 aromatic heterocycles. The Morgan fingerprint density at radius 1 is 1.19 bits per heavy atom. The van der Waals surface area contributed by atoms with Crippen molar-refractivity contribution in [3.05, 3.63) is 46.8 Å². The predicted octanol–water partition coefficient (Wildman–Crippen LogP) is 4.45. The van der Waals surface area contributed by atoms with Gasteiger partial charge in [0, 0.05) is 11.1 Å². The minimum absolute atomic E-state index is 0.573. The van der Waals surface area contributed by atoms with E-state index in [-0.39, 0.29) is 0 Å². The minimum atomic E-state index is 0.573. The topological polar surface area (TPSA) is 56.7 Å². The lowest BCUT2D eigenvalue weighted by Gasteiger charge is -1.96. The fourth-order valence-corrected chi connectivity index (χ4v) is 3.84. The first-order chi connectivity index (χ1) is 10.2. The molecule has 0 aliphatic heterocycles. The number of benzene rings is 1. The third-order valence-electron chi connectivity index (χ3n) is 3.03. The molecule has 4 rings (SSSR count). The van der Waals surface area contributed by atoms with Crippen molar-refractivity contribution in [2.45, 2.75) is 0 Å². The number of rotatable bonds is 2. The molecule has 3 heterocycles. The van der Waals surface area contributed by atoms with Crippen LogP contribution in [-0.4, -0.2) is 14.8 Å². The smallest absolute Gasteiger partial charge is 0.213 e. The van der Waals surface area contributed by atoms with Gasteiger partial charge in [0.25, 0.3) is 0 Å². The first kappa shape index (κ1) is 12.8. The number of hydrogen-bond acceptors (Lipinski definition) is 5. The highest BCUT2D eigenvalue weighted by Crippen LogP contribution is 2.31. The van der Waals surface area contributed by atoms with E-state index < -0.39 is 0 Å². The molecule has 0 fully saturated rings. The van der Waals surface area contributed by atoms with Gasteiger partial charge < -0.3 is 5.73 Å². The number of hydrogen-bond donors (Lipinski definition) is 1. The summed E-state index contributed by atoms with van der Waals surface area (Å²) in [7, 11) is 0. The number of aromatic nitrogens is 3. The standard InChI is InChI=1S/C14H9ClN4S2/c15-8-3-4-12-9(6-8)17-14(21-12)19-13(16)7-10(18-19)11-2-1-5-20-11/h1-7H,16H2. The number of anilines is 1. The lowest BCUT2D eigenvalue weighted by Crippen LogP contribution is -2.00. The molecule has 0 radical (unpaired) electrons. The van der Waals surface area contributed by atoms with Crippen LogP contribution in [0, 0.1) is 0 Å². The van der Waals surface area contributed by atoms with Crippen LogP contribution >= 0.6 is 34.3 Å². The van der Waals surface area contributed by atoms with Gasteiger partial charge in [-0.2, -0.15) is 9.78 Å². The summed E-state index contributed by atoms with van der Waals surface area (Å²) in [4.78, 5) is 5.64. The quantitative estimate of drug-likeness (QED) is 0.590. The van der Waals surface area contributed by atoms with Gasteiger partial charge in [-0.3, -0.25) is 0 Å². The molecule has 4 aromatic rings. The van der Waals surface area contributed by atoms with Gasteiger partial charge in [-0.1, -0.05) is 29.0 Å². The van der Waals surface area contributed by atoms with E-state index in [4.69, 9.17) is 17.3 Å². The summed E-state index contributed by atoms with van der Waals surface area (Å²) in [5, 5.41) is 7.99. The zero-order valence-corrected chi connectivity index (χ0v) is 13.0. The van der Waals surface area contributed by atoms with Crippen molar-refractivity contribution in [1.29, 1.82) is 0 Å². The van der Waals surface area contributed by atoms with Gasteiger partial charge in [-0.25, -0.2) is 4.98 Å². The molecule has 0 aliphatic rings. The molecule has 0 amide bonds. The molecule has 2 N–H and O–H groups in total. The van der Waals surface area contributed by atoms with E-state index in [1.807, 2.05) is 41.8 Å². The first-order valence-electron chi connectivity index (χ1n) is 6.16. The van der Waals surface area contributed by atoms with Crippen LogP contribution in [0.2, 0.25) is 5.02 Å². The van der Waals surface area contributed by atoms with Gasteiger partial charge in [0.2, 0.25) is 5.13 Å². The Balaban J connectivity index is 1.84. The second-order valence-electron chi connectivity index (χ2n) is 4.45. The minimum Gasteiger partial charge on any atom is -0.383 e. The number of nitrogen functional groups attached to an aromatic ring is 1. The van der Waals surface area contributed by atoms with E-state index in [1.165, 1.54) is 11.3 Å². The Kier molecular flexibility index (Phi) is 2.95. The van der Waals surface area contributed by atoms with Gasteiger partial charge in [0.05, 0.1) is 15.1 Å². The van der Waals surface area contributed by atoms with Crippen molar-refractivity contribution in [2.24, 2.45) is 0 Å². The highest BCUT2D eigenvalue weighted by Gasteiger charge is 2.13. The Bertz CT molecular complexity index is 924. The largest absolute Gasteiger partial charge is 0.383 e. The summed E-state index contributed by atoms with van der Waals surface area (Å²) in [6.45, 7) is 0. The van der Waals surface area contributed by atoms with Crippen molar-refractivity contribution < 1.29 is 0 Å². The lowest BCUT2D eigenvalue weighted by molar-refractivity contribution is 0.888. The van der Waals surface area contributed by atoms with Crippen molar-refractivity contribution in [3.8, 4) is 15.7 Å². The average Bonchev–Trinajstić information content (AvgIpc) is 3.15. The van der Waals surface area contributed by atoms with Crippen molar-refractivity contribution >= 4 is 50.3 Å². The van der Waals surface area contributed by atoms with Crippen LogP contribution < -0.4 is 5.73 Å². The van der Waals surface area contributed by atoms with Crippen LogP contribution in [0.4, 0.5) is 5.82 Å². The number of fused-ring (bicyclic) bond motifs is 1. The second-order valence-corrected chi connectivity index (χ2v) is 6.85. The van der Waals surface area contributed by atoms with Gasteiger partial charge in [-0.15, -0.1) is 11.3 Å². The van der Waals surface area contributed by atoms with E-state index in [0.29, 0.717) is 10.8 Å². The van der Waals surface area contributed by atoms with Crippen LogP contribution in [0.15, 0.2) is 41.8 Å². The van der Waals surface area contributed by atoms with Gasteiger partial charge in [-0.05, 0) is 29.6 Å². The first-order valence-corrected chi connectivity index (χ1v) is 8.24. The number of halogens is 1. The molecule has 4 nitrogen and oxygen atoms in total. The Hall–Kier alpha value is -1.89. The number of thiophene rings is 1. The van der Waals surface area contributed by atoms with Crippen molar-refractivity contribution in [2.75, 3.05) is 5.73 Å². The molecule has 1 aromatic carbocycles. The Morgan fingerprint density at radius 2 is 2.10 bits per heavy atom. The highest BCUT2D eigenvalue weighted by molar-refractivity contribution is 7.20. The molecule has 0 bridgehead atoms. The third kappa shape index (κ3) is 2.21. The summed E-state index contributed by atoms with van der Waals surface area (Å²) >= 11 is 9.17. The average molecular weight is 333 g/mol. The Morgan fingerprint density at radius 3 is 2.90 bits per heavy atom. The number of thiazole rings is 1. The zero-order valence-electron chi connectivity index (χ0n) is 10.7. The maximum absolute atomic E-state index is 6.08. The van der Waals surface area contributed by atoms with E-state index >= 15 is 0 Å². The van der Waals surface area contributed by atoms with Crippen LogP contribution in [0.3, 0.4) is 0 Å². The van der Waals surface area contributed by atoms with Gasteiger partial charge in [0.1, 0.15) is 11.5 Å². The monoisotopic (exact) mass is 332 g/mol. The van der Waals surface area contributed by atoms with Crippen LogP contribution in [-0.2, 0) is 0 Å². The van der Waals surface area contributed by atoms with Gasteiger partial charge >= 0.3 is 0 Å². The lowest BCUT2D eigenvalue weighted by atomic mass is 10.3. The third-order valence-corrected chi connectivity index (χ3v) is 5.17. The summed E-state index contributed by atoms with van der Waals surface area (Å²) in [5.41, 5.74) is 7.79. The summed E-state index contributed by atoms with van der Waals surface area (Å²) in [5.74, 6) is 0.573. The molecule has 0 saturated carbocycles. The predicted molar refractivity (Wildman–Crippen MR) is 89.5 cm³/mol. The highest BCUT2D eigenvalue weighted by atomic mass is 35.5. The molecular formula is C14H9ClN4S2. The van der Waals surface area contributed by atoms with Gasteiger partial charge in [0.15, 0.2) is 0 Å². The van der Waals surface area contributed by atoms with Crippen molar-refractivity contribution in [3.63, 3.8) is 0 Å². The molecule has 104 valence electrons. The van der Waals surface area contributed by atoms with E-state index in [9.17, 15) is 0 Å². The maximum atomic E-state index is 6.08. The van der Waals surface area contributed by atoms with E-state index in [1.54, 1.807) is 16.0 Å². The summed E-state index contributed by atoms with van der Waals surface area (Å²) in [6, 6.07) is 11.5. The number of nitrogens with two attached hydrogens (primary N) is 1.